The van der Waals surface area contributed by atoms with Gasteiger partial charge in [-0.15, -0.1) is 0 Å². The topological polar surface area (TPSA) is 64.7 Å². The molecular weight excluding hydrogens is 422 g/mol. The van der Waals surface area contributed by atoms with Crippen LogP contribution in [0.5, 0.6) is 0 Å². The number of nitrogens with zero attached hydrogens (tertiary/aromatic N) is 4. The molecule has 0 spiro atoms. The lowest BCUT2D eigenvalue weighted by molar-refractivity contribution is -0.00771. The van der Waals surface area contributed by atoms with Crippen molar-refractivity contribution < 1.29 is 4.79 Å². The van der Waals surface area contributed by atoms with Crippen molar-refractivity contribution in [2.45, 2.75) is 77.3 Å². The molecule has 6 nitrogen and oxygen atoms in total. The molecule has 2 heterocycles. The molecule has 6 heteroatoms. The fourth-order valence-corrected chi connectivity index (χ4v) is 7.60. The first kappa shape index (κ1) is 21.6. The number of amides is 1. The Hall–Kier alpha value is -2.89. The third-order valence-corrected chi connectivity index (χ3v) is 8.77. The Balaban J connectivity index is 1.37. The van der Waals surface area contributed by atoms with Crippen molar-refractivity contribution in [2.24, 2.45) is 17.8 Å². The second kappa shape index (κ2) is 8.10. The standard InChI is InChI=1S/C28H35N5O/c1-4-32-19(3)24(16-29-32)18(2)30-27(34)25-17-33(23-8-6-5-7-9-23)31-26(25)28-13-20-10-21(14-28)12-22(11-20)15-28/h5-9,16-18,20-22H,4,10-15H2,1-3H3,(H,30,34). The number of rotatable bonds is 6. The first-order valence-electron chi connectivity index (χ1n) is 12.9. The minimum atomic E-state index is -0.114. The zero-order valence-electron chi connectivity index (χ0n) is 20.5. The van der Waals surface area contributed by atoms with Crippen LogP contribution >= 0.6 is 0 Å². The minimum absolute atomic E-state index is 0.0240. The summed E-state index contributed by atoms with van der Waals surface area (Å²) in [6, 6.07) is 10.1. The van der Waals surface area contributed by atoms with Crippen LogP contribution in [0.4, 0.5) is 0 Å². The SMILES string of the molecule is CCn1ncc(C(C)NC(=O)c2cn(-c3ccccc3)nc2C23CC4CC(CC(C4)C2)C3)c1C. The molecule has 3 aromatic rings. The number of aromatic nitrogens is 4. The van der Waals surface area contributed by atoms with Gasteiger partial charge in [0.25, 0.3) is 5.91 Å². The fraction of sp³-hybridized carbons (Fsp3) is 0.536. The van der Waals surface area contributed by atoms with E-state index in [-0.39, 0.29) is 17.4 Å². The molecular formula is C28H35N5O. The Morgan fingerprint density at radius 1 is 1.12 bits per heavy atom. The molecule has 1 aromatic carbocycles. The number of hydrogen-bond acceptors (Lipinski definition) is 3. The van der Waals surface area contributed by atoms with Crippen LogP contribution in [0.1, 0.15) is 85.7 Å². The van der Waals surface area contributed by atoms with Crippen LogP contribution < -0.4 is 5.32 Å². The van der Waals surface area contributed by atoms with Gasteiger partial charge in [-0.1, -0.05) is 18.2 Å². The predicted octanol–water partition coefficient (Wildman–Crippen LogP) is 5.36. The summed E-state index contributed by atoms with van der Waals surface area (Å²) in [7, 11) is 0. The van der Waals surface area contributed by atoms with Crippen molar-refractivity contribution >= 4 is 5.91 Å². The fourth-order valence-electron chi connectivity index (χ4n) is 7.60. The van der Waals surface area contributed by atoms with E-state index in [1.165, 1.54) is 38.5 Å². The van der Waals surface area contributed by atoms with E-state index in [2.05, 4.69) is 36.4 Å². The van der Waals surface area contributed by atoms with Crippen LogP contribution in [0.2, 0.25) is 0 Å². The van der Waals surface area contributed by atoms with Gasteiger partial charge in [0.05, 0.1) is 29.2 Å². The Bertz CT molecular complexity index is 1170. The first-order chi connectivity index (χ1) is 16.5. The summed E-state index contributed by atoms with van der Waals surface area (Å²) in [6.07, 6.45) is 11.5. The van der Waals surface area contributed by atoms with Gasteiger partial charge < -0.3 is 5.32 Å². The van der Waals surface area contributed by atoms with Gasteiger partial charge in [-0.25, -0.2) is 4.68 Å². The normalized spacial score (nSPS) is 28.3. The van der Waals surface area contributed by atoms with Gasteiger partial charge in [-0.3, -0.25) is 9.48 Å². The maximum Gasteiger partial charge on any atom is 0.255 e. The van der Waals surface area contributed by atoms with Crippen LogP contribution in [-0.2, 0) is 12.0 Å². The molecule has 1 amide bonds. The van der Waals surface area contributed by atoms with Crippen molar-refractivity contribution in [3.05, 3.63) is 65.2 Å². The van der Waals surface area contributed by atoms with Gasteiger partial charge in [0, 0.05) is 29.4 Å². The van der Waals surface area contributed by atoms with E-state index in [4.69, 9.17) is 5.10 Å². The molecule has 1 atom stereocenters. The average molecular weight is 458 g/mol. The highest BCUT2D eigenvalue weighted by molar-refractivity contribution is 5.96. The average Bonchev–Trinajstić information content (AvgIpc) is 3.43. The third kappa shape index (κ3) is 3.50. The second-order valence-electron chi connectivity index (χ2n) is 11.1. The molecule has 7 rings (SSSR count). The van der Waals surface area contributed by atoms with E-state index in [9.17, 15) is 4.79 Å². The summed E-state index contributed by atoms with van der Waals surface area (Å²) in [5, 5.41) is 12.9. The molecule has 4 aliphatic rings. The van der Waals surface area contributed by atoms with E-state index < -0.39 is 0 Å². The molecule has 2 aromatic heterocycles. The van der Waals surface area contributed by atoms with Crippen molar-refractivity contribution in [3.8, 4) is 5.69 Å². The van der Waals surface area contributed by atoms with E-state index in [1.807, 2.05) is 46.9 Å². The zero-order valence-corrected chi connectivity index (χ0v) is 20.5. The number of nitrogens with one attached hydrogen (secondary N) is 1. The Morgan fingerprint density at radius 2 is 1.76 bits per heavy atom. The van der Waals surface area contributed by atoms with Crippen molar-refractivity contribution in [1.82, 2.24) is 24.9 Å². The maximum absolute atomic E-state index is 13.8. The molecule has 4 bridgehead atoms. The highest BCUT2D eigenvalue weighted by Crippen LogP contribution is 2.60. The van der Waals surface area contributed by atoms with Gasteiger partial charge in [-0.05, 0) is 89.2 Å². The lowest BCUT2D eigenvalue weighted by Crippen LogP contribution is -2.49. The van der Waals surface area contributed by atoms with Gasteiger partial charge in [-0.2, -0.15) is 10.2 Å². The van der Waals surface area contributed by atoms with Crippen molar-refractivity contribution in [3.63, 3.8) is 0 Å². The highest BCUT2D eigenvalue weighted by atomic mass is 16.1. The molecule has 0 radical (unpaired) electrons. The number of carbonyl (C=O) groups is 1. The lowest BCUT2D eigenvalue weighted by atomic mass is 9.48. The quantitative estimate of drug-likeness (QED) is 0.542. The Morgan fingerprint density at radius 3 is 2.35 bits per heavy atom. The van der Waals surface area contributed by atoms with Gasteiger partial charge >= 0.3 is 0 Å². The summed E-state index contributed by atoms with van der Waals surface area (Å²) < 4.78 is 3.90. The number of para-hydroxylation sites is 1. The lowest BCUT2D eigenvalue weighted by Gasteiger charge is -2.56. The molecule has 4 aliphatic carbocycles. The number of aryl methyl sites for hydroxylation is 1. The molecule has 0 saturated heterocycles. The summed E-state index contributed by atoms with van der Waals surface area (Å²) in [5.74, 6) is 2.37. The Kier molecular flexibility index (Phi) is 5.16. The monoisotopic (exact) mass is 457 g/mol. The van der Waals surface area contributed by atoms with Gasteiger partial charge in [0.15, 0.2) is 0 Å². The van der Waals surface area contributed by atoms with Crippen LogP contribution in [0.3, 0.4) is 0 Å². The number of carbonyl (C=O) groups excluding carboxylic acids is 1. The Labute approximate surface area is 201 Å². The zero-order chi connectivity index (χ0) is 23.4. The summed E-state index contributed by atoms with van der Waals surface area (Å²) in [4.78, 5) is 13.8. The van der Waals surface area contributed by atoms with Crippen LogP contribution in [0, 0.1) is 24.7 Å². The van der Waals surface area contributed by atoms with Gasteiger partial charge in [0.2, 0.25) is 0 Å². The molecule has 1 N–H and O–H groups in total. The predicted molar refractivity (Wildman–Crippen MR) is 132 cm³/mol. The third-order valence-electron chi connectivity index (χ3n) is 8.77. The summed E-state index contributed by atoms with van der Waals surface area (Å²) in [5.41, 5.74) is 5.01. The van der Waals surface area contributed by atoms with E-state index in [0.29, 0.717) is 0 Å². The second-order valence-corrected chi connectivity index (χ2v) is 11.1. The van der Waals surface area contributed by atoms with Crippen molar-refractivity contribution in [1.29, 1.82) is 0 Å². The molecule has 34 heavy (non-hydrogen) atoms. The summed E-state index contributed by atoms with van der Waals surface area (Å²) >= 11 is 0. The van der Waals surface area contributed by atoms with Crippen LogP contribution in [-0.4, -0.2) is 25.5 Å². The van der Waals surface area contributed by atoms with E-state index >= 15 is 0 Å². The molecule has 1 unspecified atom stereocenters. The van der Waals surface area contributed by atoms with E-state index in [1.54, 1.807) is 0 Å². The first-order valence-corrected chi connectivity index (χ1v) is 12.9. The smallest absolute Gasteiger partial charge is 0.255 e. The van der Waals surface area contributed by atoms with Gasteiger partial charge in [0.1, 0.15) is 0 Å². The van der Waals surface area contributed by atoms with E-state index in [0.717, 1.165) is 52.5 Å². The molecule has 4 saturated carbocycles. The molecule has 178 valence electrons. The molecule has 4 fully saturated rings. The van der Waals surface area contributed by atoms with Crippen LogP contribution in [0.25, 0.3) is 5.69 Å². The number of benzene rings is 1. The minimum Gasteiger partial charge on any atom is -0.345 e. The highest BCUT2D eigenvalue weighted by Gasteiger charge is 2.54. The van der Waals surface area contributed by atoms with Crippen LogP contribution in [0.15, 0.2) is 42.7 Å². The number of hydrogen-bond donors (Lipinski definition) is 1. The maximum atomic E-state index is 13.8. The largest absolute Gasteiger partial charge is 0.345 e. The van der Waals surface area contributed by atoms with Crippen molar-refractivity contribution in [2.75, 3.05) is 0 Å². The molecule has 0 aliphatic heterocycles. The summed E-state index contributed by atoms with van der Waals surface area (Å²) in [6.45, 7) is 7.03.